The minimum Gasteiger partial charge on any atom is -0.326 e. The first-order valence-corrected chi connectivity index (χ1v) is 8.08. The van der Waals surface area contributed by atoms with E-state index in [0.29, 0.717) is 5.69 Å². The summed E-state index contributed by atoms with van der Waals surface area (Å²) < 4.78 is 13.4. The predicted octanol–water partition coefficient (Wildman–Crippen LogP) is 4.04. The number of amides is 2. The average molecular weight is 338 g/mol. The smallest absolute Gasteiger partial charge is 0.226 e. The molecule has 0 spiro atoms. The van der Waals surface area contributed by atoms with Gasteiger partial charge in [0.2, 0.25) is 11.8 Å². The van der Waals surface area contributed by atoms with Crippen LogP contribution >= 0.6 is 0 Å². The molecule has 2 aromatic carbocycles. The van der Waals surface area contributed by atoms with Crippen LogP contribution < -0.4 is 5.32 Å². The largest absolute Gasteiger partial charge is 0.326 e. The molecule has 1 aliphatic heterocycles. The number of benzene rings is 2. The number of aryl methyl sites for hydroxylation is 1. The van der Waals surface area contributed by atoms with E-state index in [1.165, 1.54) is 19.1 Å². The molecule has 1 atom stereocenters. The van der Waals surface area contributed by atoms with Gasteiger partial charge < -0.3 is 10.2 Å². The maximum absolute atomic E-state index is 13.4. The van der Waals surface area contributed by atoms with Gasteiger partial charge in [-0.05, 0) is 41.8 Å². The molecule has 25 heavy (non-hydrogen) atoms. The Labute approximate surface area is 146 Å². The van der Waals surface area contributed by atoms with Crippen LogP contribution in [0.4, 0.5) is 10.1 Å². The molecule has 1 heterocycles. The first-order chi connectivity index (χ1) is 12.0. The van der Waals surface area contributed by atoms with Crippen LogP contribution in [0.2, 0.25) is 0 Å². The lowest BCUT2D eigenvalue weighted by Gasteiger charge is -2.32. The molecule has 0 bridgehead atoms. The van der Waals surface area contributed by atoms with Gasteiger partial charge in [0.1, 0.15) is 5.82 Å². The fourth-order valence-electron chi connectivity index (χ4n) is 3.02. The van der Waals surface area contributed by atoms with Gasteiger partial charge in [-0.15, -0.1) is 0 Å². The number of nitrogens with zero attached hydrogens (tertiary/aromatic N) is 1. The SMILES string of the molecule is CC(=O)N1C=Cc2ccccc2[C@@H]1CC(=O)Nc1cc(F)ccc1C. The van der Waals surface area contributed by atoms with Crippen LogP contribution in [0.5, 0.6) is 0 Å². The van der Waals surface area contributed by atoms with Crippen LogP contribution in [0, 0.1) is 12.7 Å². The molecule has 3 rings (SSSR count). The van der Waals surface area contributed by atoms with E-state index in [1.54, 1.807) is 24.1 Å². The van der Waals surface area contributed by atoms with E-state index in [2.05, 4.69) is 5.32 Å². The fourth-order valence-corrected chi connectivity index (χ4v) is 3.02. The van der Waals surface area contributed by atoms with Gasteiger partial charge in [0.15, 0.2) is 0 Å². The molecular formula is C20H19FN2O2. The third kappa shape index (κ3) is 3.60. The Balaban J connectivity index is 1.84. The van der Waals surface area contributed by atoms with Crippen LogP contribution in [0.1, 0.15) is 36.1 Å². The summed E-state index contributed by atoms with van der Waals surface area (Å²) in [4.78, 5) is 26.0. The second kappa shape index (κ2) is 6.89. The zero-order chi connectivity index (χ0) is 18.0. The predicted molar refractivity (Wildman–Crippen MR) is 95.1 cm³/mol. The highest BCUT2D eigenvalue weighted by Gasteiger charge is 2.28. The van der Waals surface area contributed by atoms with Crippen LogP contribution in [0.3, 0.4) is 0 Å². The highest BCUT2D eigenvalue weighted by molar-refractivity contribution is 5.92. The number of nitrogens with one attached hydrogen (secondary N) is 1. The molecule has 1 N–H and O–H groups in total. The van der Waals surface area contributed by atoms with Crippen LogP contribution in [0.15, 0.2) is 48.7 Å². The van der Waals surface area contributed by atoms with E-state index in [1.807, 2.05) is 30.3 Å². The van der Waals surface area contributed by atoms with E-state index in [0.717, 1.165) is 16.7 Å². The van der Waals surface area contributed by atoms with Crippen molar-refractivity contribution in [2.24, 2.45) is 0 Å². The van der Waals surface area contributed by atoms with Gasteiger partial charge in [0.25, 0.3) is 0 Å². The van der Waals surface area contributed by atoms with Gasteiger partial charge in [-0.3, -0.25) is 9.59 Å². The number of hydrogen-bond acceptors (Lipinski definition) is 2. The molecule has 0 aliphatic carbocycles. The van der Waals surface area contributed by atoms with E-state index >= 15 is 0 Å². The number of fused-ring (bicyclic) bond motifs is 1. The zero-order valence-electron chi connectivity index (χ0n) is 14.1. The topological polar surface area (TPSA) is 49.4 Å². The summed E-state index contributed by atoms with van der Waals surface area (Å²) in [7, 11) is 0. The van der Waals surface area contributed by atoms with E-state index in [9.17, 15) is 14.0 Å². The standard InChI is InChI=1S/C20H19FN2O2/c1-13-7-8-16(21)11-18(13)22-20(25)12-19-17-6-4-3-5-15(17)9-10-23(19)14(2)24/h3-11,19H,12H2,1-2H3,(H,22,25)/t19-/m0/s1. The summed E-state index contributed by atoms with van der Waals surface area (Å²) in [5, 5.41) is 2.75. The molecule has 1 aliphatic rings. The van der Waals surface area contributed by atoms with Crippen molar-refractivity contribution in [1.82, 2.24) is 4.90 Å². The summed E-state index contributed by atoms with van der Waals surface area (Å²) in [6.45, 7) is 3.27. The Morgan fingerprint density at radius 3 is 2.72 bits per heavy atom. The number of carbonyl (C=O) groups is 2. The fraction of sp³-hybridized carbons (Fsp3) is 0.200. The quantitative estimate of drug-likeness (QED) is 0.918. The van der Waals surface area contributed by atoms with Crippen molar-refractivity contribution in [3.05, 3.63) is 71.2 Å². The molecular weight excluding hydrogens is 319 g/mol. The minimum absolute atomic E-state index is 0.0941. The maximum atomic E-state index is 13.4. The lowest BCUT2D eigenvalue weighted by Crippen LogP contribution is -2.33. The molecule has 4 nitrogen and oxygen atoms in total. The monoisotopic (exact) mass is 338 g/mol. The summed E-state index contributed by atoms with van der Waals surface area (Å²) in [6, 6.07) is 11.6. The third-order valence-corrected chi connectivity index (χ3v) is 4.32. The van der Waals surface area contributed by atoms with Crippen LogP contribution in [-0.4, -0.2) is 16.7 Å². The van der Waals surface area contributed by atoms with Crippen molar-refractivity contribution in [3.8, 4) is 0 Å². The Kier molecular flexibility index (Phi) is 4.65. The van der Waals surface area contributed by atoms with Crippen molar-refractivity contribution < 1.29 is 14.0 Å². The lowest BCUT2D eigenvalue weighted by molar-refractivity contribution is -0.129. The van der Waals surface area contributed by atoms with Gasteiger partial charge in [0, 0.05) is 18.8 Å². The highest BCUT2D eigenvalue weighted by atomic mass is 19.1. The van der Waals surface area contributed by atoms with Gasteiger partial charge in [-0.25, -0.2) is 4.39 Å². The molecule has 0 saturated carbocycles. The Hall–Kier alpha value is -2.95. The summed E-state index contributed by atoms with van der Waals surface area (Å²) in [6.07, 6.45) is 3.66. The Morgan fingerprint density at radius 1 is 1.20 bits per heavy atom. The van der Waals surface area contributed by atoms with Gasteiger partial charge in [-0.2, -0.15) is 0 Å². The lowest BCUT2D eigenvalue weighted by atomic mass is 9.93. The number of anilines is 1. The zero-order valence-corrected chi connectivity index (χ0v) is 14.1. The van der Waals surface area contributed by atoms with Crippen molar-refractivity contribution >= 4 is 23.6 Å². The normalized spacial score (nSPS) is 15.6. The van der Waals surface area contributed by atoms with Gasteiger partial charge >= 0.3 is 0 Å². The Bertz CT molecular complexity index is 861. The first kappa shape index (κ1) is 16.9. The second-order valence-electron chi connectivity index (χ2n) is 6.10. The number of carbonyl (C=O) groups excluding carboxylic acids is 2. The molecule has 2 aromatic rings. The van der Waals surface area contributed by atoms with E-state index in [4.69, 9.17) is 0 Å². The summed E-state index contributed by atoms with van der Waals surface area (Å²) in [5.41, 5.74) is 3.13. The molecule has 0 unspecified atom stereocenters. The second-order valence-corrected chi connectivity index (χ2v) is 6.10. The Morgan fingerprint density at radius 2 is 1.96 bits per heavy atom. The van der Waals surface area contributed by atoms with Crippen molar-refractivity contribution in [2.45, 2.75) is 26.3 Å². The molecule has 5 heteroatoms. The highest BCUT2D eigenvalue weighted by Crippen LogP contribution is 2.33. The van der Waals surface area contributed by atoms with E-state index in [-0.39, 0.29) is 24.3 Å². The molecule has 128 valence electrons. The average Bonchev–Trinajstić information content (AvgIpc) is 2.58. The van der Waals surface area contributed by atoms with Crippen molar-refractivity contribution in [1.29, 1.82) is 0 Å². The van der Waals surface area contributed by atoms with Crippen LogP contribution in [0.25, 0.3) is 6.08 Å². The molecule has 0 radical (unpaired) electrons. The van der Waals surface area contributed by atoms with Crippen molar-refractivity contribution in [2.75, 3.05) is 5.32 Å². The molecule has 0 aromatic heterocycles. The molecule has 0 saturated heterocycles. The molecule has 0 fully saturated rings. The van der Waals surface area contributed by atoms with Crippen LogP contribution in [-0.2, 0) is 9.59 Å². The van der Waals surface area contributed by atoms with Gasteiger partial charge in [-0.1, -0.05) is 30.3 Å². The first-order valence-electron chi connectivity index (χ1n) is 8.08. The van der Waals surface area contributed by atoms with Gasteiger partial charge in [0.05, 0.1) is 12.5 Å². The third-order valence-electron chi connectivity index (χ3n) is 4.32. The van der Waals surface area contributed by atoms with Crippen molar-refractivity contribution in [3.63, 3.8) is 0 Å². The molecule has 2 amide bonds. The van der Waals surface area contributed by atoms with E-state index < -0.39 is 5.82 Å². The maximum Gasteiger partial charge on any atom is 0.226 e. The summed E-state index contributed by atoms with van der Waals surface area (Å²) >= 11 is 0. The number of hydrogen-bond donors (Lipinski definition) is 1. The number of halogens is 1. The number of rotatable bonds is 3. The summed E-state index contributed by atoms with van der Waals surface area (Å²) in [5.74, 6) is -0.808. The minimum atomic E-state index is -0.405.